The minimum absolute atomic E-state index is 0.0623. The van der Waals surface area contributed by atoms with Crippen molar-refractivity contribution in [1.82, 2.24) is 5.32 Å². The Morgan fingerprint density at radius 2 is 2.11 bits per heavy atom. The van der Waals surface area contributed by atoms with E-state index < -0.39 is 5.82 Å². The van der Waals surface area contributed by atoms with Crippen molar-refractivity contribution >= 4 is 33.4 Å². The number of alkyl halides is 1. The third kappa shape index (κ3) is 4.77. The molecule has 1 aromatic carbocycles. The first-order chi connectivity index (χ1) is 8.75. The van der Waals surface area contributed by atoms with Gasteiger partial charge in [0, 0.05) is 16.4 Å². The third-order valence-corrected chi connectivity index (χ3v) is 3.83. The molecule has 0 bridgehead atoms. The van der Waals surface area contributed by atoms with E-state index in [2.05, 4.69) is 21.2 Å². The minimum atomic E-state index is -0.432. The second-order valence-electron chi connectivity index (χ2n) is 5.49. The standard InChI is InChI=1S/C14H18BrClFNO/c1-14(2,3)12(6-7-16)18-13(19)10-8-9(17)4-5-11(10)15/h4-5,8,12H,6-7H2,1-3H3,(H,18,19). The molecule has 0 aromatic heterocycles. The molecule has 0 aliphatic rings. The van der Waals surface area contributed by atoms with Crippen LogP contribution in [-0.4, -0.2) is 17.8 Å². The van der Waals surface area contributed by atoms with Gasteiger partial charge in [0.25, 0.3) is 5.91 Å². The maximum atomic E-state index is 13.2. The van der Waals surface area contributed by atoms with Gasteiger partial charge >= 0.3 is 0 Å². The second kappa shape index (κ2) is 6.71. The summed E-state index contributed by atoms with van der Waals surface area (Å²) in [5.74, 6) is -0.263. The Morgan fingerprint density at radius 3 is 2.63 bits per heavy atom. The zero-order valence-corrected chi connectivity index (χ0v) is 13.6. The molecule has 1 aromatic rings. The van der Waals surface area contributed by atoms with Gasteiger partial charge in [0.2, 0.25) is 0 Å². The van der Waals surface area contributed by atoms with Crippen molar-refractivity contribution in [2.24, 2.45) is 5.41 Å². The molecule has 2 nitrogen and oxygen atoms in total. The average Bonchev–Trinajstić information content (AvgIpc) is 2.30. The van der Waals surface area contributed by atoms with Crippen molar-refractivity contribution < 1.29 is 9.18 Å². The van der Waals surface area contributed by atoms with Crippen LogP contribution in [0.5, 0.6) is 0 Å². The molecular formula is C14H18BrClFNO. The first-order valence-electron chi connectivity index (χ1n) is 6.07. The Bertz CT molecular complexity index is 459. The highest BCUT2D eigenvalue weighted by Crippen LogP contribution is 2.24. The zero-order valence-electron chi connectivity index (χ0n) is 11.3. The number of nitrogens with one attached hydrogen (secondary N) is 1. The molecule has 1 rings (SSSR count). The van der Waals surface area contributed by atoms with Crippen LogP contribution in [0.2, 0.25) is 0 Å². The molecule has 0 saturated heterocycles. The molecule has 1 unspecified atom stereocenters. The summed E-state index contributed by atoms with van der Waals surface area (Å²) in [7, 11) is 0. The molecule has 1 N–H and O–H groups in total. The summed E-state index contributed by atoms with van der Waals surface area (Å²) in [6, 6.07) is 3.99. The molecule has 1 atom stereocenters. The highest BCUT2D eigenvalue weighted by atomic mass is 79.9. The van der Waals surface area contributed by atoms with Gasteiger partial charge in [-0.15, -0.1) is 11.6 Å². The molecule has 1 amide bonds. The fourth-order valence-corrected chi connectivity index (χ4v) is 2.38. The number of carbonyl (C=O) groups is 1. The summed E-state index contributed by atoms with van der Waals surface area (Å²) in [6.07, 6.45) is 0.670. The fraction of sp³-hybridized carbons (Fsp3) is 0.500. The van der Waals surface area contributed by atoms with Gasteiger partial charge in [-0.3, -0.25) is 4.79 Å². The van der Waals surface area contributed by atoms with Gasteiger partial charge in [-0.25, -0.2) is 4.39 Å². The van der Waals surface area contributed by atoms with E-state index >= 15 is 0 Å². The monoisotopic (exact) mass is 349 g/mol. The summed E-state index contributed by atoms with van der Waals surface area (Å²) in [5, 5.41) is 2.92. The molecule has 0 saturated carbocycles. The van der Waals surface area contributed by atoms with Crippen molar-refractivity contribution in [3.8, 4) is 0 Å². The van der Waals surface area contributed by atoms with E-state index in [-0.39, 0.29) is 17.4 Å². The topological polar surface area (TPSA) is 29.1 Å². The lowest BCUT2D eigenvalue weighted by Crippen LogP contribution is -2.44. The van der Waals surface area contributed by atoms with Gasteiger partial charge in [-0.05, 0) is 46.0 Å². The van der Waals surface area contributed by atoms with Gasteiger partial charge in [-0.1, -0.05) is 20.8 Å². The quantitative estimate of drug-likeness (QED) is 0.803. The van der Waals surface area contributed by atoms with Crippen LogP contribution in [0.15, 0.2) is 22.7 Å². The molecule has 0 aliphatic carbocycles. The average molecular weight is 351 g/mol. The largest absolute Gasteiger partial charge is 0.349 e. The van der Waals surface area contributed by atoms with Crippen LogP contribution in [0.3, 0.4) is 0 Å². The molecule has 106 valence electrons. The SMILES string of the molecule is CC(C)(C)C(CCCl)NC(=O)c1cc(F)ccc1Br. The highest BCUT2D eigenvalue weighted by molar-refractivity contribution is 9.10. The molecule has 19 heavy (non-hydrogen) atoms. The van der Waals surface area contributed by atoms with Crippen molar-refractivity contribution in [3.05, 3.63) is 34.1 Å². The summed E-state index contributed by atoms with van der Waals surface area (Å²) in [4.78, 5) is 12.2. The van der Waals surface area contributed by atoms with E-state index in [1.165, 1.54) is 18.2 Å². The normalized spacial score (nSPS) is 13.2. The summed E-state index contributed by atoms with van der Waals surface area (Å²) in [5.41, 5.74) is 0.188. The Hall–Kier alpha value is -0.610. The van der Waals surface area contributed by atoms with E-state index in [0.29, 0.717) is 22.3 Å². The number of halogens is 3. The van der Waals surface area contributed by atoms with E-state index in [1.807, 2.05) is 20.8 Å². The number of benzene rings is 1. The number of amides is 1. The molecule has 0 radical (unpaired) electrons. The van der Waals surface area contributed by atoms with Crippen LogP contribution in [0.25, 0.3) is 0 Å². The minimum Gasteiger partial charge on any atom is -0.349 e. The number of hydrogen-bond acceptors (Lipinski definition) is 1. The van der Waals surface area contributed by atoms with Gasteiger partial charge in [-0.2, -0.15) is 0 Å². The second-order valence-corrected chi connectivity index (χ2v) is 6.73. The van der Waals surface area contributed by atoms with Crippen molar-refractivity contribution in [1.29, 1.82) is 0 Å². The van der Waals surface area contributed by atoms with Gasteiger partial charge in [0.1, 0.15) is 5.82 Å². The van der Waals surface area contributed by atoms with Crippen LogP contribution < -0.4 is 5.32 Å². The third-order valence-electron chi connectivity index (χ3n) is 2.92. The lowest BCUT2D eigenvalue weighted by molar-refractivity contribution is 0.0899. The van der Waals surface area contributed by atoms with Crippen LogP contribution in [0.4, 0.5) is 4.39 Å². The molecule has 0 fully saturated rings. The summed E-state index contributed by atoms with van der Waals surface area (Å²) < 4.78 is 13.8. The Balaban J connectivity index is 2.91. The predicted octanol–water partition coefficient (Wildman–Crippen LogP) is 4.36. The Morgan fingerprint density at radius 1 is 1.47 bits per heavy atom. The van der Waals surface area contributed by atoms with E-state index in [9.17, 15) is 9.18 Å². The first-order valence-corrected chi connectivity index (χ1v) is 7.40. The predicted molar refractivity (Wildman–Crippen MR) is 80.1 cm³/mol. The smallest absolute Gasteiger partial charge is 0.252 e. The number of hydrogen-bond donors (Lipinski definition) is 1. The molecule has 5 heteroatoms. The van der Waals surface area contributed by atoms with Crippen LogP contribution >= 0.6 is 27.5 Å². The van der Waals surface area contributed by atoms with E-state index in [4.69, 9.17) is 11.6 Å². The first kappa shape index (κ1) is 16.4. The van der Waals surface area contributed by atoms with E-state index in [0.717, 1.165) is 0 Å². The van der Waals surface area contributed by atoms with Crippen LogP contribution in [-0.2, 0) is 0 Å². The number of carbonyl (C=O) groups excluding carboxylic acids is 1. The lowest BCUT2D eigenvalue weighted by atomic mass is 9.85. The maximum absolute atomic E-state index is 13.2. The Kier molecular flexibility index (Phi) is 5.81. The van der Waals surface area contributed by atoms with Gasteiger partial charge < -0.3 is 5.32 Å². The fourth-order valence-electron chi connectivity index (χ4n) is 1.74. The van der Waals surface area contributed by atoms with Gasteiger partial charge in [0.05, 0.1) is 5.56 Å². The Labute approximate surface area is 126 Å². The van der Waals surface area contributed by atoms with Crippen LogP contribution in [0, 0.1) is 11.2 Å². The van der Waals surface area contributed by atoms with E-state index in [1.54, 1.807) is 0 Å². The molecule has 0 aliphatic heterocycles. The van der Waals surface area contributed by atoms with Crippen molar-refractivity contribution in [2.75, 3.05) is 5.88 Å². The lowest BCUT2D eigenvalue weighted by Gasteiger charge is -2.31. The van der Waals surface area contributed by atoms with Crippen molar-refractivity contribution in [2.45, 2.75) is 33.2 Å². The van der Waals surface area contributed by atoms with Crippen molar-refractivity contribution in [3.63, 3.8) is 0 Å². The van der Waals surface area contributed by atoms with Gasteiger partial charge in [0.15, 0.2) is 0 Å². The highest BCUT2D eigenvalue weighted by Gasteiger charge is 2.26. The maximum Gasteiger partial charge on any atom is 0.252 e. The molecular weight excluding hydrogens is 333 g/mol. The summed E-state index contributed by atoms with van der Waals surface area (Å²) in [6.45, 7) is 6.10. The summed E-state index contributed by atoms with van der Waals surface area (Å²) >= 11 is 9.02. The van der Waals surface area contributed by atoms with Crippen LogP contribution in [0.1, 0.15) is 37.6 Å². The zero-order chi connectivity index (χ0) is 14.6. The molecule has 0 spiro atoms. The molecule has 0 heterocycles. The number of rotatable bonds is 4.